The van der Waals surface area contributed by atoms with Crippen LogP contribution in [0.15, 0.2) is 59.5 Å². The Bertz CT molecular complexity index is 1110. The van der Waals surface area contributed by atoms with Gasteiger partial charge in [0.15, 0.2) is 0 Å². The van der Waals surface area contributed by atoms with E-state index >= 15 is 0 Å². The van der Waals surface area contributed by atoms with E-state index in [4.69, 9.17) is 0 Å². The van der Waals surface area contributed by atoms with E-state index in [1.165, 1.54) is 0 Å². The van der Waals surface area contributed by atoms with Crippen LogP contribution in [0.4, 0.5) is 0 Å². The average molecular weight is 421 g/mol. The Labute approximate surface area is 184 Å². The first-order chi connectivity index (χ1) is 14.6. The van der Waals surface area contributed by atoms with Crippen molar-refractivity contribution in [1.82, 2.24) is 9.13 Å². The molecule has 0 aliphatic carbocycles. The summed E-state index contributed by atoms with van der Waals surface area (Å²) in [6.07, 6.45) is 3.89. The molecule has 0 saturated heterocycles. The molecule has 1 heterocycles. The molecule has 0 aliphatic rings. The predicted octanol–water partition coefficient (Wildman–Crippen LogP) is 5.41. The minimum absolute atomic E-state index is 0.00607. The van der Waals surface area contributed by atoms with Crippen molar-refractivity contribution >= 4 is 5.97 Å². The Morgan fingerprint density at radius 3 is 2.26 bits per heavy atom. The average Bonchev–Trinajstić information content (AvgIpc) is 3.03. The van der Waals surface area contributed by atoms with Crippen molar-refractivity contribution in [3.63, 3.8) is 0 Å². The Balaban J connectivity index is 1.93. The molecule has 0 saturated carbocycles. The molecular weight excluding hydrogens is 388 g/mol. The van der Waals surface area contributed by atoms with Gasteiger partial charge in [0.1, 0.15) is 0 Å². The minimum Gasteiger partial charge on any atom is -0.478 e. The topological polar surface area (TPSA) is 64.2 Å². The molecule has 31 heavy (non-hydrogen) atoms. The van der Waals surface area contributed by atoms with Gasteiger partial charge in [0.05, 0.1) is 12.1 Å². The lowest BCUT2D eigenvalue weighted by Gasteiger charge is -2.19. The molecule has 0 amide bonds. The molecule has 0 spiro atoms. The molecule has 164 valence electrons. The van der Waals surface area contributed by atoms with Gasteiger partial charge in [-0.25, -0.2) is 9.59 Å². The summed E-state index contributed by atoms with van der Waals surface area (Å²) in [7, 11) is 0. The van der Waals surface area contributed by atoms with Gasteiger partial charge < -0.3 is 5.11 Å². The maximum Gasteiger partial charge on any atom is 0.336 e. The lowest BCUT2D eigenvalue weighted by atomic mass is 9.98. The van der Waals surface area contributed by atoms with Crippen molar-refractivity contribution in [2.24, 2.45) is 5.92 Å². The monoisotopic (exact) mass is 420 g/mol. The number of hydrogen-bond acceptors (Lipinski definition) is 2. The molecule has 0 bridgehead atoms. The standard InChI is InChI=1S/C26H32N2O3/c1-18(2)10-15-21-17-28(26(3,4)5)25(31)27(21)16-19-11-13-20(14-12-19)22-8-6-7-9-23(22)24(29)30/h6-9,11-14,17-18H,10,15-16H2,1-5H3,(H,29,30). The molecule has 1 N–H and O–H groups in total. The zero-order valence-corrected chi connectivity index (χ0v) is 19.1. The Morgan fingerprint density at radius 2 is 1.68 bits per heavy atom. The molecule has 0 radical (unpaired) electrons. The Hall–Kier alpha value is -3.08. The molecule has 0 aliphatic heterocycles. The second-order valence-electron chi connectivity index (χ2n) is 9.51. The van der Waals surface area contributed by atoms with Crippen molar-refractivity contribution in [3.8, 4) is 11.1 Å². The predicted molar refractivity (Wildman–Crippen MR) is 125 cm³/mol. The number of carboxylic acid groups (broad SMARTS) is 1. The maximum absolute atomic E-state index is 13.2. The second kappa shape index (κ2) is 8.96. The van der Waals surface area contributed by atoms with E-state index in [0.717, 1.165) is 29.7 Å². The van der Waals surface area contributed by atoms with Crippen LogP contribution in [0.1, 0.15) is 62.7 Å². The second-order valence-corrected chi connectivity index (χ2v) is 9.51. The lowest BCUT2D eigenvalue weighted by molar-refractivity contribution is 0.0697. The van der Waals surface area contributed by atoms with E-state index in [2.05, 4.69) is 13.8 Å². The molecule has 0 fully saturated rings. The summed E-state index contributed by atoms with van der Waals surface area (Å²) in [6.45, 7) is 11.0. The Kier molecular flexibility index (Phi) is 6.54. The Morgan fingerprint density at radius 1 is 1.03 bits per heavy atom. The highest BCUT2D eigenvalue weighted by Gasteiger charge is 2.21. The van der Waals surface area contributed by atoms with Gasteiger partial charge in [0.2, 0.25) is 0 Å². The number of benzene rings is 2. The van der Waals surface area contributed by atoms with E-state index in [0.29, 0.717) is 18.0 Å². The SMILES string of the molecule is CC(C)CCc1cn(C(C)(C)C)c(=O)n1Cc1ccc(-c2ccccc2C(=O)O)cc1. The highest BCUT2D eigenvalue weighted by atomic mass is 16.4. The van der Waals surface area contributed by atoms with E-state index in [-0.39, 0.29) is 16.8 Å². The van der Waals surface area contributed by atoms with Gasteiger partial charge in [-0.05, 0) is 62.3 Å². The lowest BCUT2D eigenvalue weighted by Crippen LogP contribution is -2.34. The molecular formula is C26H32N2O3. The van der Waals surface area contributed by atoms with Crippen LogP contribution in [0.2, 0.25) is 0 Å². The molecule has 0 atom stereocenters. The summed E-state index contributed by atoms with van der Waals surface area (Å²) in [5.41, 5.74) is 3.61. The van der Waals surface area contributed by atoms with Crippen LogP contribution in [0.3, 0.4) is 0 Å². The number of aryl methyl sites for hydroxylation is 1. The molecule has 2 aromatic carbocycles. The van der Waals surface area contributed by atoms with Gasteiger partial charge >= 0.3 is 11.7 Å². The summed E-state index contributed by atoms with van der Waals surface area (Å²) in [5.74, 6) is -0.375. The van der Waals surface area contributed by atoms with E-state index < -0.39 is 5.97 Å². The normalized spacial score (nSPS) is 11.8. The summed E-state index contributed by atoms with van der Waals surface area (Å²) in [4.78, 5) is 24.7. The number of nitrogens with zero attached hydrogens (tertiary/aromatic N) is 2. The largest absolute Gasteiger partial charge is 0.478 e. The fraction of sp³-hybridized carbons (Fsp3) is 0.385. The fourth-order valence-corrected chi connectivity index (χ4v) is 3.71. The van der Waals surface area contributed by atoms with E-state index in [9.17, 15) is 14.7 Å². The quantitative estimate of drug-likeness (QED) is 0.556. The van der Waals surface area contributed by atoms with Gasteiger partial charge in [0.25, 0.3) is 0 Å². The molecule has 5 heteroatoms. The maximum atomic E-state index is 13.2. The van der Waals surface area contributed by atoms with Crippen LogP contribution < -0.4 is 5.69 Å². The zero-order chi connectivity index (χ0) is 22.8. The molecule has 3 rings (SSSR count). The van der Waals surface area contributed by atoms with Crippen LogP contribution in [-0.4, -0.2) is 20.2 Å². The van der Waals surface area contributed by atoms with Crippen LogP contribution in [0, 0.1) is 5.92 Å². The van der Waals surface area contributed by atoms with Gasteiger partial charge in [-0.1, -0.05) is 56.3 Å². The number of aromatic nitrogens is 2. The highest BCUT2D eigenvalue weighted by molar-refractivity contribution is 5.95. The van der Waals surface area contributed by atoms with Gasteiger partial charge in [-0.2, -0.15) is 0 Å². The number of hydrogen-bond donors (Lipinski definition) is 1. The molecule has 3 aromatic rings. The minimum atomic E-state index is -0.940. The number of aromatic carboxylic acids is 1. The van der Waals surface area contributed by atoms with Crippen molar-refractivity contribution in [2.75, 3.05) is 0 Å². The number of carboxylic acids is 1. The van der Waals surface area contributed by atoms with Crippen LogP contribution in [0.25, 0.3) is 11.1 Å². The first-order valence-electron chi connectivity index (χ1n) is 10.8. The van der Waals surface area contributed by atoms with Gasteiger partial charge in [0, 0.05) is 17.4 Å². The van der Waals surface area contributed by atoms with E-state index in [1.54, 1.807) is 12.1 Å². The van der Waals surface area contributed by atoms with Gasteiger partial charge in [-0.3, -0.25) is 9.13 Å². The molecule has 5 nitrogen and oxygen atoms in total. The smallest absolute Gasteiger partial charge is 0.336 e. The zero-order valence-electron chi connectivity index (χ0n) is 19.1. The van der Waals surface area contributed by atoms with Gasteiger partial charge in [-0.15, -0.1) is 0 Å². The summed E-state index contributed by atoms with van der Waals surface area (Å²) in [5, 5.41) is 9.45. The summed E-state index contributed by atoms with van der Waals surface area (Å²) >= 11 is 0. The van der Waals surface area contributed by atoms with Crippen molar-refractivity contribution in [1.29, 1.82) is 0 Å². The molecule has 0 unspecified atom stereocenters. The fourth-order valence-electron chi connectivity index (χ4n) is 3.71. The van der Waals surface area contributed by atoms with Crippen LogP contribution >= 0.6 is 0 Å². The first-order valence-corrected chi connectivity index (χ1v) is 10.8. The van der Waals surface area contributed by atoms with Crippen molar-refractivity contribution in [3.05, 3.63) is 82.0 Å². The number of rotatable bonds is 7. The third-order valence-corrected chi connectivity index (χ3v) is 5.53. The first kappa shape index (κ1) is 22.6. The summed E-state index contributed by atoms with van der Waals surface area (Å²) < 4.78 is 3.69. The van der Waals surface area contributed by atoms with Crippen LogP contribution in [-0.2, 0) is 18.5 Å². The van der Waals surface area contributed by atoms with Crippen molar-refractivity contribution in [2.45, 2.75) is 59.5 Å². The third-order valence-electron chi connectivity index (χ3n) is 5.53. The van der Waals surface area contributed by atoms with Crippen molar-refractivity contribution < 1.29 is 9.90 Å². The third kappa shape index (κ3) is 5.16. The van der Waals surface area contributed by atoms with E-state index in [1.807, 2.05) is 72.5 Å². The van der Waals surface area contributed by atoms with Crippen LogP contribution in [0.5, 0.6) is 0 Å². The highest BCUT2D eigenvalue weighted by Crippen LogP contribution is 2.24. The number of carbonyl (C=O) groups is 1. The number of imidazole rings is 1. The molecule has 1 aromatic heterocycles. The summed E-state index contributed by atoms with van der Waals surface area (Å²) in [6, 6.07) is 14.8.